The molecule has 1 aliphatic heterocycles. The topological polar surface area (TPSA) is 21.3 Å². The lowest BCUT2D eigenvalue weighted by atomic mass is 10.2. The molecule has 0 radical (unpaired) electrons. The van der Waals surface area contributed by atoms with E-state index in [0.717, 1.165) is 19.8 Å². The molecule has 0 aromatic rings. The Morgan fingerprint density at radius 1 is 1.70 bits per heavy atom. The average Bonchev–Trinajstić information content (AvgIpc) is 2.03. The summed E-state index contributed by atoms with van der Waals surface area (Å²) in [4.78, 5) is 0. The molecule has 1 aliphatic rings. The molecule has 2 nitrogen and oxygen atoms in total. The summed E-state index contributed by atoms with van der Waals surface area (Å²) < 4.78 is 5.31. The molecule has 1 saturated heterocycles. The number of rotatable bonds is 3. The maximum Gasteiger partial charge on any atom is 0.0620 e. The van der Waals surface area contributed by atoms with Crippen LogP contribution >= 0.6 is 11.8 Å². The highest BCUT2D eigenvalue weighted by atomic mass is 32.2. The van der Waals surface area contributed by atoms with Crippen LogP contribution in [0, 0.1) is 0 Å². The van der Waals surface area contributed by atoms with Gasteiger partial charge < -0.3 is 10.1 Å². The smallest absolute Gasteiger partial charge is 0.0620 e. The van der Waals surface area contributed by atoms with E-state index in [1.54, 1.807) is 0 Å². The summed E-state index contributed by atoms with van der Waals surface area (Å²) in [5.41, 5.74) is 0. The Bertz CT molecular complexity index is 83.7. The average molecular weight is 161 g/mol. The molecule has 1 unspecified atom stereocenters. The molecular formula is C7H15NOS. The van der Waals surface area contributed by atoms with Crippen molar-refractivity contribution in [3.63, 3.8) is 0 Å². The Morgan fingerprint density at radius 3 is 3.20 bits per heavy atom. The van der Waals surface area contributed by atoms with E-state index in [1.807, 2.05) is 11.8 Å². The fourth-order valence-corrected chi connectivity index (χ4v) is 1.59. The predicted octanol–water partition coefficient (Wildman–Crippen LogP) is 0.728. The fourth-order valence-electron chi connectivity index (χ4n) is 1.07. The quantitative estimate of drug-likeness (QED) is 0.659. The Kier molecular flexibility index (Phi) is 4.18. The number of thioether (sulfide) groups is 1. The van der Waals surface area contributed by atoms with Crippen LogP contribution in [0.1, 0.15) is 6.42 Å². The molecule has 0 aliphatic carbocycles. The molecule has 1 fully saturated rings. The maximum atomic E-state index is 5.31. The summed E-state index contributed by atoms with van der Waals surface area (Å²) in [5, 5.41) is 3.42. The highest BCUT2D eigenvalue weighted by Crippen LogP contribution is 2.03. The Hall–Kier alpha value is 0.270. The first-order valence-corrected chi connectivity index (χ1v) is 5.13. The van der Waals surface area contributed by atoms with Gasteiger partial charge in [-0.3, -0.25) is 0 Å². The third kappa shape index (κ3) is 2.90. The van der Waals surface area contributed by atoms with Crippen LogP contribution in [-0.2, 0) is 4.74 Å². The number of morpholine rings is 1. The van der Waals surface area contributed by atoms with Crippen LogP contribution in [0.2, 0.25) is 0 Å². The lowest BCUT2D eigenvalue weighted by Gasteiger charge is -2.23. The first kappa shape index (κ1) is 8.37. The largest absolute Gasteiger partial charge is 0.379 e. The van der Waals surface area contributed by atoms with Crippen LogP contribution in [-0.4, -0.2) is 37.8 Å². The zero-order valence-electron chi connectivity index (χ0n) is 6.43. The van der Waals surface area contributed by atoms with Crippen molar-refractivity contribution < 1.29 is 4.74 Å². The van der Waals surface area contributed by atoms with Gasteiger partial charge in [-0.1, -0.05) is 0 Å². The summed E-state index contributed by atoms with van der Waals surface area (Å²) in [6.07, 6.45) is 3.38. The zero-order valence-corrected chi connectivity index (χ0v) is 7.25. The second kappa shape index (κ2) is 4.99. The SMILES string of the molecule is CSCCC1COCCN1. The third-order valence-corrected chi connectivity index (χ3v) is 2.31. The van der Waals surface area contributed by atoms with E-state index >= 15 is 0 Å². The van der Waals surface area contributed by atoms with Gasteiger partial charge in [0.2, 0.25) is 0 Å². The molecule has 0 aromatic heterocycles. The number of ether oxygens (including phenoxy) is 1. The van der Waals surface area contributed by atoms with Crippen LogP contribution in [0.15, 0.2) is 0 Å². The summed E-state index contributed by atoms with van der Waals surface area (Å²) >= 11 is 1.90. The van der Waals surface area contributed by atoms with Crippen LogP contribution in [0.25, 0.3) is 0 Å². The molecule has 10 heavy (non-hydrogen) atoms. The third-order valence-electron chi connectivity index (χ3n) is 1.67. The van der Waals surface area contributed by atoms with Crippen molar-refractivity contribution >= 4 is 11.8 Å². The van der Waals surface area contributed by atoms with Crippen LogP contribution in [0.3, 0.4) is 0 Å². The van der Waals surface area contributed by atoms with Gasteiger partial charge in [0, 0.05) is 12.6 Å². The monoisotopic (exact) mass is 161 g/mol. The van der Waals surface area contributed by atoms with Gasteiger partial charge in [0.15, 0.2) is 0 Å². The van der Waals surface area contributed by atoms with Crippen molar-refractivity contribution in [2.45, 2.75) is 12.5 Å². The van der Waals surface area contributed by atoms with Gasteiger partial charge in [-0.25, -0.2) is 0 Å². The van der Waals surface area contributed by atoms with Crippen molar-refractivity contribution in [3.8, 4) is 0 Å². The lowest BCUT2D eigenvalue weighted by molar-refractivity contribution is 0.0761. The molecule has 1 atom stereocenters. The molecule has 0 amide bonds. The second-order valence-electron chi connectivity index (χ2n) is 2.51. The highest BCUT2D eigenvalue weighted by molar-refractivity contribution is 7.98. The van der Waals surface area contributed by atoms with Crippen molar-refractivity contribution in [3.05, 3.63) is 0 Å². The second-order valence-corrected chi connectivity index (χ2v) is 3.49. The molecule has 1 rings (SSSR count). The number of nitrogens with one attached hydrogen (secondary N) is 1. The fraction of sp³-hybridized carbons (Fsp3) is 1.00. The van der Waals surface area contributed by atoms with E-state index in [2.05, 4.69) is 11.6 Å². The van der Waals surface area contributed by atoms with E-state index < -0.39 is 0 Å². The van der Waals surface area contributed by atoms with Crippen LogP contribution in [0.5, 0.6) is 0 Å². The van der Waals surface area contributed by atoms with Crippen molar-refractivity contribution in [1.82, 2.24) is 5.32 Å². The lowest BCUT2D eigenvalue weighted by Crippen LogP contribution is -2.41. The minimum atomic E-state index is 0.612. The summed E-state index contributed by atoms with van der Waals surface area (Å²) in [7, 11) is 0. The first-order chi connectivity index (χ1) is 4.93. The van der Waals surface area contributed by atoms with E-state index in [0.29, 0.717) is 6.04 Å². The maximum absolute atomic E-state index is 5.31. The van der Waals surface area contributed by atoms with Gasteiger partial charge in [0.1, 0.15) is 0 Å². The van der Waals surface area contributed by atoms with Gasteiger partial charge >= 0.3 is 0 Å². The molecule has 0 spiro atoms. The van der Waals surface area contributed by atoms with Gasteiger partial charge in [0.25, 0.3) is 0 Å². The highest BCUT2D eigenvalue weighted by Gasteiger charge is 2.11. The molecule has 3 heteroatoms. The summed E-state index contributed by atoms with van der Waals surface area (Å²) in [5.74, 6) is 1.24. The van der Waals surface area contributed by atoms with E-state index in [9.17, 15) is 0 Å². The van der Waals surface area contributed by atoms with Gasteiger partial charge in [-0.2, -0.15) is 11.8 Å². The minimum Gasteiger partial charge on any atom is -0.379 e. The number of hydrogen-bond acceptors (Lipinski definition) is 3. The molecule has 0 bridgehead atoms. The van der Waals surface area contributed by atoms with Gasteiger partial charge in [-0.15, -0.1) is 0 Å². The Morgan fingerprint density at radius 2 is 2.60 bits per heavy atom. The van der Waals surface area contributed by atoms with Gasteiger partial charge in [-0.05, 0) is 18.4 Å². The van der Waals surface area contributed by atoms with Crippen LogP contribution in [0.4, 0.5) is 0 Å². The van der Waals surface area contributed by atoms with Crippen molar-refractivity contribution in [1.29, 1.82) is 0 Å². The van der Waals surface area contributed by atoms with E-state index in [-0.39, 0.29) is 0 Å². The molecule has 60 valence electrons. The molecule has 1 heterocycles. The summed E-state index contributed by atoms with van der Waals surface area (Å²) in [6, 6.07) is 0.612. The molecule has 0 saturated carbocycles. The summed E-state index contributed by atoms with van der Waals surface area (Å²) in [6.45, 7) is 2.81. The molecule has 0 aromatic carbocycles. The van der Waals surface area contributed by atoms with E-state index in [1.165, 1.54) is 12.2 Å². The Labute approximate surface area is 66.7 Å². The molecular weight excluding hydrogens is 146 g/mol. The minimum absolute atomic E-state index is 0.612. The first-order valence-electron chi connectivity index (χ1n) is 3.73. The standard InChI is InChI=1S/C7H15NOS/c1-10-5-2-7-6-9-4-3-8-7/h7-8H,2-6H2,1H3. The Balaban J connectivity index is 2.02. The zero-order chi connectivity index (χ0) is 7.23. The van der Waals surface area contributed by atoms with Crippen molar-refractivity contribution in [2.75, 3.05) is 31.8 Å². The van der Waals surface area contributed by atoms with E-state index in [4.69, 9.17) is 4.74 Å². The van der Waals surface area contributed by atoms with Crippen molar-refractivity contribution in [2.24, 2.45) is 0 Å². The van der Waals surface area contributed by atoms with Crippen LogP contribution < -0.4 is 5.32 Å². The van der Waals surface area contributed by atoms with Gasteiger partial charge in [0.05, 0.1) is 13.2 Å². The normalized spacial score (nSPS) is 26.7. The number of hydrogen-bond donors (Lipinski definition) is 1. The molecule has 1 N–H and O–H groups in total. The predicted molar refractivity (Wildman–Crippen MR) is 45.6 cm³/mol.